The van der Waals surface area contributed by atoms with Gasteiger partial charge in [-0.25, -0.2) is 0 Å². The third-order valence-electron chi connectivity index (χ3n) is 3.06. The molecule has 1 aromatic rings. The third kappa shape index (κ3) is 5.77. The SMILES string of the molecule is CN=C(NCc1ccc(C(N)=O)o1)NC1CCCSC1.I. The Morgan fingerprint density at radius 1 is 1.57 bits per heavy atom. The molecule has 1 amide bonds. The molecule has 2 heterocycles. The highest BCUT2D eigenvalue weighted by molar-refractivity contribution is 14.0. The van der Waals surface area contributed by atoms with Crippen molar-refractivity contribution < 1.29 is 9.21 Å². The van der Waals surface area contributed by atoms with Crippen molar-refractivity contribution in [2.45, 2.75) is 25.4 Å². The summed E-state index contributed by atoms with van der Waals surface area (Å²) < 4.78 is 5.31. The van der Waals surface area contributed by atoms with Crippen molar-refractivity contribution >= 4 is 47.6 Å². The van der Waals surface area contributed by atoms with Crippen molar-refractivity contribution in [3.05, 3.63) is 23.7 Å². The van der Waals surface area contributed by atoms with Gasteiger partial charge in [0.1, 0.15) is 5.76 Å². The highest BCUT2D eigenvalue weighted by Gasteiger charge is 2.15. The fourth-order valence-electron chi connectivity index (χ4n) is 2.02. The van der Waals surface area contributed by atoms with Crippen molar-refractivity contribution in [1.29, 1.82) is 0 Å². The zero-order chi connectivity index (χ0) is 14.4. The van der Waals surface area contributed by atoms with E-state index in [1.54, 1.807) is 19.2 Å². The van der Waals surface area contributed by atoms with E-state index in [4.69, 9.17) is 10.2 Å². The number of nitrogens with two attached hydrogens (primary N) is 1. The first kappa shape index (κ1) is 18.1. The van der Waals surface area contributed by atoms with Crippen LogP contribution >= 0.6 is 35.7 Å². The highest BCUT2D eigenvalue weighted by atomic mass is 127. The van der Waals surface area contributed by atoms with E-state index in [0.717, 1.165) is 11.7 Å². The molecule has 21 heavy (non-hydrogen) atoms. The lowest BCUT2D eigenvalue weighted by Crippen LogP contribution is -2.45. The topological polar surface area (TPSA) is 92.6 Å². The number of primary amides is 1. The van der Waals surface area contributed by atoms with Crippen LogP contribution in [0.15, 0.2) is 21.5 Å². The van der Waals surface area contributed by atoms with E-state index in [-0.39, 0.29) is 29.7 Å². The molecule has 1 aliphatic rings. The Hall–Kier alpha value is -0.900. The quantitative estimate of drug-likeness (QED) is 0.388. The molecule has 1 fully saturated rings. The van der Waals surface area contributed by atoms with Gasteiger partial charge in [-0.3, -0.25) is 9.79 Å². The summed E-state index contributed by atoms with van der Waals surface area (Å²) in [6.45, 7) is 0.465. The van der Waals surface area contributed by atoms with E-state index >= 15 is 0 Å². The van der Waals surface area contributed by atoms with Gasteiger partial charge in [-0.2, -0.15) is 11.8 Å². The maximum Gasteiger partial charge on any atom is 0.284 e. The maximum absolute atomic E-state index is 10.9. The number of rotatable bonds is 4. The van der Waals surface area contributed by atoms with Gasteiger partial charge in [0, 0.05) is 18.8 Å². The number of aliphatic imine (C=N–C) groups is 1. The molecule has 0 aliphatic carbocycles. The number of guanidine groups is 1. The molecule has 2 rings (SSSR count). The van der Waals surface area contributed by atoms with E-state index in [1.165, 1.54) is 18.6 Å². The first-order chi connectivity index (χ1) is 9.69. The molecular weight excluding hydrogens is 403 g/mol. The van der Waals surface area contributed by atoms with Gasteiger partial charge in [-0.1, -0.05) is 0 Å². The van der Waals surface area contributed by atoms with Crippen LogP contribution in [-0.2, 0) is 6.54 Å². The molecule has 8 heteroatoms. The minimum atomic E-state index is -0.557. The van der Waals surface area contributed by atoms with Crippen molar-refractivity contribution in [3.8, 4) is 0 Å². The lowest BCUT2D eigenvalue weighted by Gasteiger charge is -2.24. The van der Waals surface area contributed by atoms with Crippen LogP contribution in [0.1, 0.15) is 29.2 Å². The predicted molar refractivity (Wildman–Crippen MR) is 96.3 cm³/mol. The minimum Gasteiger partial charge on any atom is -0.454 e. The summed E-state index contributed by atoms with van der Waals surface area (Å²) in [6.07, 6.45) is 2.40. The smallest absolute Gasteiger partial charge is 0.284 e. The fourth-order valence-corrected chi connectivity index (χ4v) is 3.09. The number of hydrogen-bond acceptors (Lipinski definition) is 4. The molecule has 0 saturated carbocycles. The molecule has 118 valence electrons. The summed E-state index contributed by atoms with van der Waals surface area (Å²) in [6, 6.07) is 3.77. The van der Waals surface area contributed by atoms with E-state index in [2.05, 4.69) is 15.6 Å². The van der Waals surface area contributed by atoms with Crippen molar-refractivity contribution in [2.75, 3.05) is 18.6 Å². The number of nitrogens with one attached hydrogen (secondary N) is 2. The normalized spacial score (nSPS) is 18.7. The average Bonchev–Trinajstić information content (AvgIpc) is 2.93. The number of thioether (sulfide) groups is 1. The number of amides is 1. The van der Waals surface area contributed by atoms with Crippen LogP contribution in [0.2, 0.25) is 0 Å². The van der Waals surface area contributed by atoms with Gasteiger partial charge in [0.05, 0.1) is 6.54 Å². The molecule has 0 bridgehead atoms. The van der Waals surface area contributed by atoms with Gasteiger partial charge in [-0.05, 0) is 30.7 Å². The first-order valence-electron chi connectivity index (χ1n) is 6.62. The molecular formula is C13H21IN4O2S. The van der Waals surface area contributed by atoms with Gasteiger partial charge < -0.3 is 20.8 Å². The molecule has 1 saturated heterocycles. The number of hydrogen-bond donors (Lipinski definition) is 3. The van der Waals surface area contributed by atoms with E-state index in [1.807, 2.05) is 11.8 Å². The van der Waals surface area contributed by atoms with Crippen molar-refractivity contribution in [3.63, 3.8) is 0 Å². The van der Waals surface area contributed by atoms with Crippen molar-refractivity contribution in [2.24, 2.45) is 10.7 Å². The Balaban J connectivity index is 0.00000220. The van der Waals surface area contributed by atoms with Gasteiger partial charge in [0.2, 0.25) is 0 Å². The van der Waals surface area contributed by atoms with Crippen LogP contribution in [0.4, 0.5) is 0 Å². The lowest BCUT2D eigenvalue weighted by atomic mass is 10.2. The number of nitrogens with zero attached hydrogens (tertiary/aromatic N) is 1. The summed E-state index contributed by atoms with van der Waals surface area (Å²) in [4.78, 5) is 15.1. The summed E-state index contributed by atoms with van der Waals surface area (Å²) in [5.74, 6) is 3.36. The summed E-state index contributed by atoms with van der Waals surface area (Å²) in [5.41, 5.74) is 5.14. The first-order valence-corrected chi connectivity index (χ1v) is 7.78. The predicted octanol–water partition coefficient (Wildman–Crippen LogP) is 1.56. The second kappa shape index (κ2) is 9.19. The van der Waals surface area contributed by atoms with E-state index in [0.29, 0.717) is 18.3 Å². The zero-order valence-corrected chi connectivity index (χ0v) is 15.1. The Kier molecular flexibility index (Phi) is 7.94. The second-order valence-corrected chi connectivity index (χ2v) is 5.76. The van der Waals surface area contributed by atoms with Crippen LogP contribution in [-0.4, -0.2) is 36.5 Å². The molecule has 4 N–H and O–H groups in total. The maximum atomic E-state index is 10.9. The molecule has 1 aliphatic heterocycles. The molecule has 1 aromatic heterocycles. The van der Waals surface area contributed by atoms with Gasteiger partial charge >= 0.3 is 0 Å². The molecule has 1 unspecified atom stereocenters. The van der Waals surface area contributed by atoms with Gasteiger partial charge in [-0.15, -0.1) is 24.0 Å². The molecule has 0 radical (unpaired) electrons. The number of carbonyl (C=O) groups excluding carboxylic acids is 1. The Bertz CT molecular complexity index is 486. The largest absolute Gasteiger partial charge is 0.454 e. The Labute approximate surface area is 145 Å². The van der Waals surface area contributed by atoms with Crippen molar-refractivity contribution in [1.82, 2.24) is 10.6 Å². The molecule has 6 nitrogen and oxygen atoms in total. The summed E-state index contributed by atoms with van der Waals surface area (Å²) in [7, 11) is 1.74. The highest BCUT2D eigenvalue weighted by Crippen LogP contribution is 2.16. The third-order valence-corrected chi connectivity index (χ3v) is 4.27. The lowest BCUT2D eigenvalue weighted by molar-refractivity contribution is 0.0972. The number of carbonyl (C=O) groups is 1. The van der Waals surface area contributed by atoms with E-state index in [9.17, 15) is 4.79 Å². The van der Waals surface area contributed by atoms with Crippen LogP contribution < -0.4 is 16.4 Å². The fraction of sp³-hybridized carbons (Fsp3) is 0.538. The van der Waals surface area contributed by atoms with E-state index < -0.39 is 5.91 Å². The van der Waals surface area contributed by atoms with Gasteiger partial charge in [0.25, 0.3) is 5.91 Å². The van der Waals surface area contributed by atoms with Crippen LogP contribution in [0.5, 0.6) is 0 Å². The number of halogens is 1. The Morgan fingerprint density at radius 2 is 2.38 bits per heavy atom. The summed E-state index contributed by atoms with van der Waals surface area (Å²) in [5, 5.41) is 6.56. The molecule has 0 aromatic carbocycles. The number of furan rings is 1. The minimum absolute atomic E-state index is 0. The monoisotopic (exact) mass is 424 g/mol. The van der Waals surface area contributed by atoms with Crippen LogP contribution in [0.25, 0.3) is 0 Å². The Morgan fingerprint density at radius 3 is 2.95 bits per heavy atom. The average molecular weight is 424 g/mol. The second-order valence-electron chi connectivity index (χ2n) is 4.61. The molecule has 0 spiro atoms. The standard InChI is InChI=1S/C13H20N4O2S.HI/c1-15-13(17-9-3-2-6-20-8-9)16-7-10-4-5-11(19-10)12(14)18;/h4-5,9H,2-3,6-8H2,1H3,(H2,14,18)(H2,15,16,17);1H. The summed E-state index contributed by atoms with van der Waals surface area (Å²) >= 11 is 1.96. The van der Waals surface area contributed by atoms with Gasteiger partial charge in [0.15, 0.2) is 11.7 Å². The van der Waals surface area contributed by atoms with Crippen LogP contribution in [0, 0.1) is 0 Å². The molecule has 1 atom stereocenters. The zero-order valence-electron chi connectivity index (χ0n) is 11.9. The van der Waals surface area contributed by atoms with Crippen LogP contribution in [0.3, 0.4) is 0 Å².